The molecule has 0 radical (unpaired) electrons. The number of aromatic nitrogens is 1. The van der Waals surface area contributed by atoms with Crippen molar-refractivity contribution in [2.75, 3.05) is 13.2 Å². The zero-order chi connectivity index (χ0) is 24.4. The molecule has 3 aromatic rings. The molecule has 1 N–H and O–H groups in total. The molecular formula is C26H24FN3O5. The van der Waals surface area contributed by atoms with Crippen LogP contribution in [0.15, 0.2) is 65.6 Å². The van der Waals surface area contributed by atoms with Crippen LogP contribution in [0.25, 0.3) is 0 Å². The average molecular weight is 477 g/mol. The predicted molar refractivity (Wildman–Crippen MR) is 124 cm³/mol. The molecule has 8 nitrogen and oxygen atoms in total. The number of amides is 2. The van der Waals surface area contributed by atoms with Gasteiger partial charge in [0.2, 0.25) is 5.43 Å². The Bertz CT molecular complexity index is 1310. The van der Waals surface area contributed by atoms with Crippen LogP contribution in [0, 0.1) is 5.82 Å². The van der Waals surface area contributed by atoms with Gasteiger partial charge >= 0.3 is 0 Å². The summed E-state index contributed by atoms with van der Waals surface area (Å²) >= 11 is 0. The van der Waals surface area contributed by atoms with E-state index in [4.69, 9.17) is 9.47 Å². The van der Waals surface area contributed by atoms with E-state index in [2.05, 4.69) is 5.32 Å². The molecule has 2 aliphatic rings. The summed E-state index contributed by atoms with van der Waals surface area (Å²) in [5.74, 6) is -1.51. The zero-order valence-corrected chi connectivity index (χ0v) is 18.9. The van der Waals surface area contributed by atoms with Gasteiger partial charge in [-0.1, -0.05) is 42.5 Å². The van der Waals surface area contributed by atoms with Crippen molar-refractivity contribution in [3.63, 3.8) is 0 Å². The molecule has 0 spiro atoms. The molecule has 1 saturated heterocycles. The first kappa shape index (κ1) is 22.8. The summed E-state index contributed by atoms with van der Waals surface area (Å²) < 4.78 is 26.4. The van der Waals surface area contributed by atoms with E-state index in [9.17, 15) is 18.8 Å². The first-order valence-corrected chi connectivity index (χ1v) is 11.4. The topological polar surface area (TPSA) is 89.9 Å². The summed E-state index contributed by atoms with van der Waals surface area (Å²) in [6.07, 6.45) is 1.62. The monoisotopic (exact) mass is 477 g/mol. The van der Waals surface area contributed by atoms with Gasteiger partial charge in [0.25, 0.3) is 11.8 Å². The molecular weight excluding hydrogens is 453 g/mol. The Hall–Kier alpha value is -3.98. The van der Waals surface area contributed by atoms with E-state index >= 15 is 0 Å². The molecule has 0 saturated carbocycles. The Balaban J connectivity index is 1.48. The second-order valence-electron chi connectivity index (χ2n) is 8.46. The third-order valence-electron chi connectivity index (χ3n) is 6.09. The second-order valence-corrected chi connectivity index (χ2v) is 8.46. The van der Waals surface area contributed by atoms with Gasteiger partial charge in [0.1, 0.15) is 18.0 Å². The van der Waals surface area contributed by atoms with Crippen LogP contribution in [0.4, 0.5) is 4.39 Å². The number of carbonyl (C=O) groups is 2. The number of fused-ring (bicyclic) bond motifs is 2. The number of halogens is 1. The molecule has 5 rings (SSSR count). The SMILES string of the molecule is O=C(NCc1ccc(F)cc1)c1cn2c(c(OCc3ccccc3)c1=O)C(=O)N1CCCO[C@@H]1C2. The van der Waals surface area contributed by atoms with E-state index in [1.54, 1.807) is 21.6 Å². The number of hydrogen-bond acceptors (Lipinski definition) is 5. The highest BCUT2D eigenvalue weighted by molar-refractivity contribution is 5.99. The fraction of sp³-hybridized carbons (Fsp3) is 0.269. The quantitative estimate of drug-likeness (QED) is 0.590. The van der Waals surface area contributed by atoms with Crippen molar-refractivity contribution in [2.24, 2.45) is 0 Å². The van der Waals surface area contributed by atoms with Crippen LogP contribution in [0.3, 0.4) is 0 Å². The van der Waals surface area contributed by atoms with Crippen molar-refractivity contribution >= 4 is 11.8 Å². The van der Waals surface area contributed by atoms with Gasteiger partial charge in [-0.05, 0) is 29.7 Å². The summed E-state index contributed by atoms with van der Waals surface area (Å²) in [4.78, 5) is 41.3. The van der Waals surface area contributed by atoms with Gasteiger partial charge in [-0.2, -0.15) is 0 Å². The lowest BCUT2D eigenvalue weighted by molar-refractivity contribution is -0.0920. The van der Waals surface area contributed by atoms with Crippen LogP contribution in [-0.4, -0.2) is 40.7 Å². The van der Waals surface area contributed by atoms with Crippen LogP contribution in [-0.2, 0) is 24.4 Å². The van der Waals surface area contributed by atoms with Crippen LogP contribution in [0.5, 0.6) is 5.75 Å². The number of nitrogens with one attached hydrogen (secondary N) is 1. The van der Waals surface area contributed by atoms with E-state index in [1.807, 2.05) is 30.3 Å². The van der Waals surface area contributed by atoms with E-state index in [0.717, 1.165) is 5.56 Å². The van der Waals surface area contributed by atoms with E-state index in [1.165, 1.54) is 18.3 Å². The van der Waals surface area contributed by atoms with Crippen LogP contribution in [0.2, 0.25) is 0 Å². The number of carbonyl (C=O) groups excluding carboxylic acids is 2. The maximum absolute atomic E-state index is 13.4. The van der Waals surface area contributed by atoms with Gasteiger partial charge in [0.05, 0.1) is 13.2 Å². The molecule has 2 amide bonds. The van der Waals surface area contributed by atoms with Crippen LogP contribution in [0.1, 0.15) is 38.4 Å². The Morgan fingerprint density at radius 3 is 2.63 bits per heavy atom. The molecule has 0 bridgehead atoms. The minimum Gasteiger partial charge on any atom is -0.483 e. The lowest BCUT2D eigenvalue weighted by Gasteiger charge is -2.40. The van der Waals surface area contributed by atoms with E-state index in [0.29, 0.717) is 25.1 Å². The molecule has 2 aromatic carbocycles. The highest BCUT2D eigenvalue weighted by atomic mass is 19.1. The summed E-state index contributed by atoms with van der Waals surface area (Å²) in [5, 5.41) is 2.69. The fourth-order valence-electron chi connectivity index (χ4n) is 4.28. The Morgan fingerprint density at radius 2 is 1.86 bits per heavy atom. The molecule has 1 atom stereocenters. The van der Waals surface area contributed by atoms with Crippen molar-refractivity contribution in [1.29, 1.82) is 0 Å². The highest BCUT2D eigenvalue weighted by Crippen LogP contribution is 2.27. The van der Waals surface area contributed by atoms with Crippen molar-refractivity contribution in [1.82, 2.24) is 14.8 Å². The van der Waals surface area contributed by atoms with Crippen molar-refractivity contribution in [3.8, 4) is 5.75 Å². The molecule has 180 valence electrons. The first-order chi connectivity index (χ1) is 17.0. The molecule has 0 unspecified atom stereocenters. The smallest absolute Gasteiger partial charge is 0.276 e. The molecule has 1 fully saturated rings. The van der Waals surface area contributed by atoms with Crippen LogP contribution >= 0.6 is 0 Å². The van der Waals surface area contributed by atoms with Gasteiger partial charge in [0, 0.05) is 19.3 Å². The number of hydrogen-bond donors (Lipinski definition) is 1. The number of pyridine rings is 1. The lowest BCUT2D eigenvalue weighted by Crippen LogP contribution is -2.53. The second kappa shape index (κ2) is 9.71. The largest absolute Gasteiger partial charge is 0.483 e. The molecule has 9 heteroatoms. The zero-order valence-electron chi connectivity index (χ0n) is 18.9. The van der Waals surface area contributed by atoms with Crippen molar-refractivity contribution in [3.05, 3.63) is 99.2 Å². The minimum absolute atomic E-state index is 0.0664. The van der Waals surface area contributed by atoms with Gasteiger partial charge in [-0.25, -0.2) is 4.39 Å². The normalized spacial score (nSPS) is 16.9. The summed E-state index contributed by atoms with van der Waals surface area (Å²) in [6, 6.07) is 15.0. The summed E-state index contributed by atoms with van der Waals surface area (Å²) in [7, 11) is 0. The number of benzene rings is 2. The summed E-state index contributed by atoms with van der Waals surface area (Å²) in [5.41, 5.74) is 0.811. The van der Waals surface area contributed by atoms with Gasteiger partial charge in [-0.3, -0.25) is 14.4 Å². The van der Waals surface area contributed by atoms with Gasteiger partial charge in [-0.15, -0.1) is 0 Å². The van der Waals surface area contributed by atoms with E-state index < -0.39 is 17.6 Å². The Kier molecular flexibility index (Phi) is 6.33. The maximum atomic E-state index is 13.4. The van der Waals surface area contributed by atoms with Crippen molar-refractivity contribution in [2.45, 2.75) is 32.3 Å². The molecule has 3 heterocycles. The molecule has 0 aliphatic carbocycles. The predicted octanol–water partition coefficient (Wildman–Crippen LogP) is 2.70. The van der Waals surface area contributed by atoms with Gasteiger partial charge < -0.3 is 24.3 Å². The lowest BCUT2D eigenvalue weighted by atomic mass is 10.1. The van der Waals surface area contributed by atoms with E-state index in [-0.39, 0.29) is 48.4 Å². The van der Waals surface area contributed by atoms with Gasteiger partial charge in [0.15, 0.2) is 17.7 Å². The standard InChI is InChI=1S/C26H24FN3O5/c27-19-9-7-17(8-10-19)13-28-25(32)20-14-29-15-21-30(11-4-12-34-21)26(33)22(29)24(23(20)31)35-16-18-5-2-1-3-6-18/h1-3,5-10,14,21H,4,11-13,15-16H2,(H,28,32)/t21-/m1/s1. The highest BCUT2D eigenvalue weighted by Gasteiger charge is 2.38. The summed E-state index contributed by atoms with van der Waals surface area (Å²) in [6.45, 7) is 1.51. The van der Waals surface area contributed by atoms with Crippen LogP contribution < -0.4 is 15.5 Å². The first-order valence-electron chi connectivity index (χ1n) is 11.4. The fourth-order valence-corrected chi connectivity index (χ4v) is 4.28. The number of nitrogens with zero attached hydrogens (tertiary/aromatic N) is 2. The number of ether oxygens (including phenoxy) is 2. The Labute approximate surface area is 200 Å². The van der Waals surface area contributed by atoms with Crippen molar-refractivity contribution < 1.29 is 23.5 Å². The third kappa shape index (κ3) is 4.67. The minimum atomic E-state index is -0.659. The molecule has 35 heavy (non-hydrogen) atoms. The average Bonchev–Trinajstić information content (AvgIpc) is 2.88. The molecule has 1 aromatic heterocycles. The molecule has 2 aliphatic heterocycles. The number of rotatable bonds is 6. The Morgan fingerprint density at radius 1 is 1.09 bits per heavy atom. The maximum Gasteiger partial charge on any atom is 0.276 e. The third-order valence-corrected chi connectivity index (χ3v) is 6.09.